The number of benzene rings is 1. The maximum Gasteiger partial charge on any atom is 0.224 e. The van der Waals surface area contributed by atoms with Crippen LogP contribution in [0.5, 0.6) is 0 Å². The fourth-order valence-corrected chi connectivity index (χ4v) is 2.54. The van der Waals surface area contributed by atoms with E-state index >= 15 is 0 Å². The van der Waals surface area contributed by atoms with Crippen molar-refractivity contribution in [1.82, 2.24) is 5.32 Å². The maximum atomic E-state index is 11.6. The number of aryl methyl sites for hydroxylation is 1. The van der Waals surface area contributed by atoms with Crippen molar-refractivity contribution in [3.63, 3.8) is 0 Å². The molecule has 0 aromatic heterocycles. The lowest BCUT2D eigenvalue weighted by Gasteiger charge is -2.25. The summed E-state index contributed by atoms with van der Waals surface area (Å²) >= 11 is 0. The molecule has 4 heteroatoms. The number of nitrogens with one attached hydrogen (secondary N) is 2. The van der Waals surface area contributed by atoms with E-state index in [1.165, 1.54) is 23.4 Å². The summed E-state index contributed by atoms with van der Waals surface area (Å²) in [6.45, 7) is 3.75. The summed E-state index contributed by atoms with van der Waals surface area (Å²) in [6.07, 6.45) is 2.32. The Kier molecular flexibility index (Phi) is 4.30. The minimum absolute atomic E-state index is 0.0100. The van der Waals surface area contributed by atoms with Crippen LogP contribution in [0, 0.1) is 5.92 Å². The van der Waals surface area contributed by atoms with Crippen LogP contribution < -0.4 is 15.5 Å². The van der Waals surface area contributed by atoms with Crippen molar-refractivity contribution in [2.75, 3.05) is 37.4 Å². The summed E-state index contributed by atoms with van der Waals surface area (Å²) in [5.41, 5.74) is 3.81. The molecule has 104 valence electrons. The first-order valence-corrected chi connectivity index (χ1v) is 6.91. The number of rotatable bonds is 4. The molecule has 1 amide bonds. The van der Waals surface area contributed by atoms with Crippen molar-refractivity contribution in [1.29, 1.82) is 0 Å². The molecule has 1 aromatic carbocycles. The minimum Gasteiger partial charge on any atom is -0.385 e. The van der Waals surface area contributed by atoms with Gasteiger partial charge in [-0.2, -0.15) is 0 Å². The number of carbonyl (C=O) groups excluding carboxylic acids is 1. The molecule has 0 bridgehead atoms. The number of hydrogen-bond acceptors (Lipinski definition) is 3. The van der Waals surface area contributed by atoms with Crippen molar-refractivity contribution in [3.05, 3.63) is 23.8 Å². The Morgan fingerprint density at radius 3 is 3.05 bits per heavy atom. The van der Waals surface area contributed by atoms with Gasteiger partial charge in [-0.15, -0.1) is 0 Å². The molecule has 0 radical (unpaired) electrons. The second kappa shape index (κ2) is 5.95. The highest BCUT2D eigenvalue weighted by molar-refractivity contribution is 5.78. The molecule has 19 heavy (non-hydrogen) atoms. The van der Waals surface area contributed by atoms with Crippen molar-refractivity contribution >= 4 is 17.3 Å². The van der Waals surface area contributed by atoms with E-state index in [2.05, 4.69) is 33.7 Å². The zero-order valence-corrected chi connectivity index (χ0v) is 12.0. The number of amides is 1. The molecule has 0 fully saturated rings. The number of nitrogens with zero attached hydrogens (tertiary/aromatic N) is 1. The summed E-state index contributed by atoms with van der Waals surface area (Å²) in [4.78, 5) is 13.7. The van der Waals surface area contributed by atoms with E-state index in [0.29, 0.717) is 0 Å². The molecule has 4 nitrogen and oxygen atoms in total. The molecular weight excluding hydrogens is 238 g/mol. The van der Waals surface area contributed by atoms with Gasteiger partial charge in [0, 0.05) is 38.6 Å². The predicted octanol–water partition coefficient (Wildman–Crippen LogP) is 1.86. The third kappa shape index (κ3) is 3.19. The summed E-state index contributed by atoms with van der Waals surface area (Å²) in [7, 11) is 3.72. The molecular formula is C15H23N3O. The van der Waals surface area contributed by atoms with Crippen LogP contribution in [0.1, 0.15) is 18.9 Å². The van der Waals surface area contributed by atoms with E-state index in [0.717, 1.165) is 19.5 Å². The van der Waals surface area contributed by atoms with Gasteiger partial charge in [0.15, 0.2) is 0 Å². The molecule has 0 saturated carbocycles. The lowest BCUT2D eigenvalue weighted by Crippen LogP contribution is -2.34. The summed E-state index contributed by atoms with van der Waals surface area (Å²) < 4.78 is 0. The van der Waals surface area contributed by atoms with Crippen molar-refractivity contribution < 1.29 is 4.79 Å². The van der Waals surface area contributed by atoms with Crippen LogP contribution in [0.2, 0.25) is 0 Å². The SMILES string of the molecule is CNC(=O)C(C)CN(C)c1ccc2c(c1)CCCN2. The Hall–Kier alpha value is -1.71. The quantitative estimate of drug-likeness (QED) is 0.869. The van der Waals surface area contributed by atoms with E-state index in [1.807, 2.05) is 14.0 Å². The molecule has 2 N–H and O–H groups in total. The normalized spacial score (nSPS) is 15.1. The van der Waals surface area contributed by atoms with Gasteiger partial charge in [0.2, 0.25) is 5.91 Å². The molecule has 0 saturated heterocycles. The molecule has 2 rings (SSSR count). The smallest absolute Gasteiger partial charge is 0.224 e. The molecule has 1 aromatic rings. The van der Waals surface area contributed by atoms with Gasteiger partial charge < -0.3 is 15.5 Å². The Balaban J connectivity index is 2.07. The van der Waals surface area contributed by atoms with Crippen LogP contribution in [-0.4, -0.2) is 33.1 Å². The fourth-order valence-electron chi connectivity index (χ4n) is 2.54. The molecule has 0 spiro atoms. The van der Waals surface area contributed by atoms with Crippen LogP contribution in [0.15, 0.2) is 18.2 Å². The predicted molar refractivity (Wildman–Crippen MR) is 79.8 cm³/mol. The third-order valence-corrected chi connectivity index (χ3v) is 3.71. The lowest BCUT2D eigenvalue weighted by molar-refractivity contribution is -0.123. The number of carbonyl (C=O) groups is 1. The average molecular weight is 261 g/mol. The number of fused-ring (bicyclic) bond motifs is 1. The van der Waals surface area contributed by atoms with Gasteiger partial charge in [-0.05, 0) is 36.6 Å². The highest BCUT2D eigenvalue weighted by atomic mass is 16.1. The lowest BCUT2D eigenvalue weighted by atomic mass is 10.0. The summed E-state index contributed by atoms with van der Waals surface area (Å²) in [5.74, 6) is 0.0793. The van der Waals surface area contributed by atoms with Crippen LogP contribution >= 0.6 is 0 Å². The van der Waals surface area contributed by atoms with Gasteiger partial charge in [0.25, 0.3) is 0 Å². The van der Waals surface area contributed by atoms with Crippen LogP contribution in [0.4, 0.5) is 11.4 Å². The largest absolute Gasteiger partial charge is 0.385 e. The molecule has 1 aliphatic heterocycles. The van der Waals surface area contributed by atoms with E-state index in [4.69, 9.17) is 0 Å². The molecule has 1 unspecified atom stereocenters. The number of anilines is 2. The van der Waals surface area contributed by atoms with E-state index in [9.17, 15) is 4.79 Å². The Bertz CT molecular complexity index is 459. The van der Waals surface area contributed by atoms with Gasteiger partial charge >= 0.3 is 0 Å². The van der Waals surface area contributed by atoms with E-state index < -0.39 is 0 Å². The van der Waals surface area contributed by atoms with Gasteiger partial charge in [-0.3, -0.25) is 4.79 Å². The molecule has 1 aliphatic rings. The van der Waals surface area contributed by atoms with Crippen molar-refractivity contribution in [2.24, 2.45) is 5.92 Å². The third-order valence-electron chi connectivity index (χ3n) is 3.71. The van der Waals surface area contributed by atoms with Gasteiger partial charge in [-0.1, -0.05) is 6.92 Å². The molecule has 1 atom stereocenters. The second-order valence-corrected chi connectivity index (χ2v) is 5.27. The van der Waals surface area contributed by atoms with Gasteiger partial charge in [-0.25, -0.2) is 0 Å². The van der Waals surface area contributed by atoms with E-state index in [1.54, 1.807) is 7.05 Å². The van der Waals surface area contributed by atoms with Crippen molar-refractivity contribution in [3.8, 4) is 0 Å². The van der Waals surface area contributed by atoms with E-state index in [-0.39, 0.29) is 11.8 Å². The standard InChI is InChI=1S/C15H23N3O/c1-11(15(19)16-2)10-18(3)13-6-7-14-12(9-13)5-4-8-17-14/h6-7,9,11,17H,4-5,8,10H2,1-3H3,(H,16,19). The first-order chi connectivity index (χ1) is 9.11. The highest BCUT2D eigenvalue weighted by Crippen LogP contribution is 2.26. The topological polar surface area (TPSA) is 44.4 Å². The zero-order valence-electron chi connectivity index (χ0n) is 12.0. The summed E-state index contributed by atoms with van der Waals surface area (Å²) in [6, 6.07) is 6.50. The Morgan fingerprint density at radius 2 is 2.32 bits per heavy atom. The average Bonchev–Trinajstić information content (AvgIpc) is 2.45. The summed E-state index contributed by atoms with van der Waals surface area (Å²) in [5, 5.41) is 6.11. The maximum absolute atomic E-state index is 11.6. The Labute approximate surface area is 115 Å². The first kappa shape index (κ1) is 13.7. The van der Waals surface area contributed by atoms with Crippen LogP contribution in [0.3, 0.4) is 0 Å². The van der Waals surface area contributed by atoms with Crippen molar-refractivity contribution in [2.45, 2.75) is 19.8 Å². The van der Waals surface area contributed by atoms with Gasteiger partial charge in [0.1, 0.15) is 0 Å². The molecule has 0 aliphatic carbocycles. The minimum atomic E-state index is -0.0100. The molecule has 1 heterocycles. The number of hydrogen-bond donors (Lipinski definition) is 2. The first-order valence-electron chi connectivity index (χ1n) is 6.91. The fraction of sp³-hybridized carbons (Fsp3) is 0.533. The Morgan fingerprint density at radius 1 is 1.53 bits per heavy atom. The monoisotopic (exact) mass is 261 g/mol. The highest BCUT2D eigenvalue weighted by Gasteiger charge is 2.15. The van der Waals surface area contributed by atoms with Crippen LogP contribution in [-0.2, 0) is 11.2 Å². The van der Waals surface area contributed by atoms with Gasteiger partial charge in [0.05, 0.1) is 5.92 Å². The van der Waals surface area contributed by atoms with Crippen LogP contribution in [0.25, 0.3) is 0 Å². The zero-order chi connectivity index (χ0) is 13.8. The second-order valence-electron chi connectivity index (χ2n) is 5.27.